The van der Waals surface area contributed by atoms with Crippen molar-refractivity contribution >= 4 is 22.7 Å². The van der Waals surface area contributed by atoms with Gasteiger partial charge >= 0.3 is 0 Å². The Balaban J connectivity index is 1.33. The SMILES string of the molecule is Cc1ncc2c(c1CNC(=O)c1cc3ccccc3[nH]1)CCN(C(=O)c1ccoc1)C2. The van der Waals surface area contributed by atoms with E-state index in [2.05, 4.69) is 15.3 Å². The number of aryl methyl sites for hydroxylation is 1. The molecule has 0 unspecified atom stereocenters. The molecule has 2 amide bonds. The normalized spacial score (nSPS) is 13.3. The minimum Gasteiger partial charge on any atom is -0.472 e. The first-order valence-corrected chi connectivity index (χ1v) is 10.2. The molecule has 0 saturated heterocycles. The molecule has 1 aliphatic rings. The predicted octanol–water partition coefficient (Wildman–Crippen LogP) is 3.59. The van der Waals surface area contributed by atoms with Gasteiger partial charge in [-0.25, -0.2) is 0 Å². The van der Waals surface area contributed by atoms with Gasteiger partial charge in [-0.15, -0.1) is 0 Å². The van der Waals surface area contributed by atoms with Crippen molar-refractivity contribution in [3.63, 3.8) is 0 Å². The number of aromatic amines is 1. The highest BCUT2D eigenvalue weighted by molar-refractivity contribution is 5.98. The number of para-hydroxylation sites is 1. The maximum atomic E-state index is 12.7. The molecule has 0 aliphatic carbocycles. The van der Waals surface area contributed by atoms with E-state index in [0.717, 1.165) is 34.1 Å². The van der Waals surface area contributed by atoms with E-state index in [9.17, 15) is 9.59 Å². The van der Waals surface area contributed by atoms with Gasteiger partial charge in [-0.1, -0.05) is 18.2 Å². The number of amides is 2. The van der Waals surface area contributed by atoms with Crippen LogP contribution in [0.5, 0.6) is 0 Å². The average Bonchev–Trinajstić information content (AvgIpc) is 3.47. The molecule has 31 heavy (non-hydrogen) atoms. The highest BCUT2D eigenvalue weighted by Gasteiger charge is 2.25. The number of fused-ring (bicyclic) bond motifs is 2. The van der Waals surface area contributed by atoms with Crippen LogP contribution >= 0.6 is 0 Å². The molecule has 2 N–H and O–H groups in total. The van der Waals surface area contributed by atoms with E-state index < -0.39 is 0 Å². The fourth-order valence-electron chi connectivity index (χ4n) is 4.16. The van der Waals surface area contributed by atoms with Crippen LogP contribution in [0.25, 0.3) is 10.9 Å². The maximum Gasteiger partial charge on any atom is 0.267 e. The lowest BCUT2D eigenvalue weighted by Gasteiger charge is -2.30. The number of furan rings is 1. The molecule has 0 atom stereocenters. The predicted molar refractivity (Wildman–Crippen MR) is 116 cm³/mol. The second kappa shape index (κ2) is 7.75. The molecule has 0 bridgehead atoms. The lowest BCUT2D eigenvalue weighted by Crippen LogP contribution is -2.37. The van der Waals surface area contributed by atoms with E-state index in [1.54, 1.807) is 11.0 Å². The van der Waals surface area contributed by atoms with Crippen molar-refractivity contribution in [1.29, 1.82) is 0 Å². The van der Waals surface area contributed by atoms with E-state index >= 15 is 0 Å². The highest BCUT2D eigenvalue weighted by Crippen LogP contribution is 2.25. The van der Waals surface area contributed by atoms with Crippen molar-refractivity contribution < 1.29 is 14.0 Å². The second-order valence-corrected chi connectivity index (χ2v) is 7.77. The smallest absolute Gasteiger partial charge is 0.267 e. The number of rotatable bonds is 4. The first-order chi connectivity index (χ1) is 15.1. The Morgan fingerprint density at radius 2 is 2.13 bits per heavy atom. The molecule has 1 aliphatic heterocycles. The van der Waals surface area contributed by atoms with Crippen LogP contribution in [0.2, 0.25) is 0 Å². The van der Waals surface area contributed by atoms with Crippen molar-refractivity contribution in [1.82, 2.24) is 20.2 Å². The summed E-state index contributed by atoms with van der Waals surface area (Å²) in [5.41, 5.74) is 6.12. The summed E-state index contributed by atoms with van der Waals surface area (Å²) in [4.78, 5) is 34.9. The summed E-state index contributed by atoms with van der Waals surface area (Å²) in [6.07, 6.45) is 5.53. The van der Waals surface area contributed by atoms with Crippen molar-refractivity contribution in [2.24, 2.45) is 0 Å². The van der Waals surface area contributed by atoms with Crippen LogP contribution in [-0.4, -0.2) is 33.2 Å². The quantitative estimate of drug-likeness (QED) is 0.534. The molecular weight excluding hydrogens is 392 g/mol. The van der Waals surface area contributed by atoms with Crippen molar-refractivity contribution in [2.45, 2.75) is 26.4 Å². The number of carbonyl (C=O) groups is 2. The topological polar surface area (TPSA) is 91.2 Å². The lowest BCUT2D eigenvalue weighted by atomic mass is 9.94. The van der Waals surface area contributed by atoms with Crippen LogP contribution in [0.15, 0.2) is 59.5 Å². The van der Waals surface area contributed by atoms with Gasteiger partial charge in [0.2, 0.25) is 0 Å². The lowest BCUT2D eigenvalue weighted by molar-refractivity contribution is 0.0733. The van der Waals surface area contributed by atoms with E-state index in [0.29, 0.717) is 30.9 Å². The third-order valence-electron chi connectivity index (χ3n) is 5.85. The second-order valence-electron chi connectivity index (χ2n) is 7.77. The summed E-state index contributed by atoms with van der Waals surface area (Å²) < 4.78 is 5.04. The van der Waals surface area contributed by atoms with Crippen molar-refractivity contribution in [2.75, 3.05) is 6.54 Å². The Hall–Kier alpha value is -3.87. The Kier molecular flexibility index (Phi) is 4.78. The first-order valence-electron chi connectivity index (χ1n) is 10.2. The molecule has 3 aromatic heterocycles. The third kappa shape index (κ3) is 3.59. The molecule has 156 valence electrons. The number of nitrogens with one attached hydrogen (secondary N) is 2. The van der Waals surface area contributed by atoms with Crippen LogP contribution in [0.3, 0.4) is 0 Å². The monoisotopic (exact) mass is 414 g/mol. The number of aromatic nitrogens is 2. The van der Waals surface area contributed by atoms with Crippen molar-refractivity contribution in [3.05, 3.63) is 88.8 Å². The first kappa shape index (κ1) is 19.1. The number of nitrogens with zero attached hydrogens (tertiary/aromatic N) is 2. The van der Waals surface area contributed by atoms with Crippen LogP contribution in [-0.2, 0) is 19.5 Å². The third-order valence-corrected chi connectivity index (χ3v) is 5.85. The Bertz CT molecular complexity index is 1240. The number of hydrogen-bond acceptors (Lipinski definition) is 4. The minimum absolute atomic E-state index is 0.0476. The fraction of sp³-hybridized carbons (Fsp3) is 0.208. The largest absolute Gasteiger partial charge is 0.472 e. The molecule has 0 spiro atoms. The molecule has 4 aromatic rings. The Morgan fingerprint density at radius 3 is 2.94 bits per heavy atom. The Morgan fingerprint density at radius 1 is 1.26 bits per heavy atom. The van der Waals surface area contributed by atoms with E-state index in [-0.39, 0.29) is 11.8 Å². The molecule has 7 heteroatoms. The van der Waals surface area contributed by atoms with E-state index in [4.69, 9.17) is 4.42 Å². The van der Waals surface area contributed by atoms with E-state index in [1.807, 2.05) is 43.5 Å². The zero-order valence-corrected chi connectivity index (χ0v) is 17.1. The molecule has 0 fully saturated rings. The molecule has 4 heterocycles. The van der Waals surface area contributed by atoms with Crippen LogP contribution in [0, 0.1) is 6.92 Å². The molecule has 1 aromatic carbocycles. The van der Waals surface area contributed by atoms with Gasteiger partial charge in [0, 0.05) is 42.4 Å². The number of H-pyrrole nitrogens is 1. The minimum atomic E-state index is -0.152. The van der Waals surface area contributed by atoms with E-state index in [1.165, 1.54) is 18.1 Å². The van der Waals surface area contributed by atoms with Gasteiger partial charge in [-0.3, -0.25) is 14.6 Å². The summed E-state index contributed by atoms with van der Waals surface area (Å²) in [6.45, 7) is 3.46. The summed E-state index contributed by atoms with van der Waals surface area (Å²) in [7, 11) is 0. The molecule has 5 rings (SSSR count). The number of hydrogen-bond donors (Lipinski definition) is 2. The van der Waals surface area contributed by atoms with Gasteiger partial charge in [0.25, 0.3) is 11.8 Å². The van der Waals surface area contributed by atoms with Crippen LogP contribution < -0.4 is 5.32 Å². The van der Waals surface area contributed by atoms with Crippen molar-refractivity contribution in [3.8, 4) is 0 Å². The molecular formula is C24H22N4O3. The molecule has 7 nitrogen and oxygen atoms in total. The fourth-order valence-corrected chi connectivity index (χ4v) is 4.16. The van der Waals surface area contributed by atoms with Crippen LogP contribution in [0.1, 0.15) is 43.2 Å². The molecule has 0 radical (unpaired) electrons. The summed E-state index contributed by atoms with van der Waals surface area (Å²) in [6, 6.07) is 11.3. The van der Waals surface area contributed by atoms with Gasteiger partial charge < -0.3 is 19.6 Å². The van der Waals surface area contributed by atoms with Gasteiger partial charge in [0.1, 0.15) is 12.0 Å². The number of pyridine rings is 1. The van der Waals surface area contributed by atoms with Crippen LogP contribution in [0.4, 0.5) is 0 Å². The van der Waals surface area contributed by atoms with Gasteiger partial charge in [0.15, 0.2) is 0 Å². The van der Waals surface area contributed by atoms with Gasteiger partial charge in [0.05, 0.1) is 11.8 Å². The summed E-state index contributed by atoms with van der Waals surface area (Å²) >= 11 is 0. The Labute approximate surface area is 179 Å². The number of carbonyl (C=O) groups excluding carboxylic acids is 2. The maximum absolute atomic E-state index is 12.7. The van der Waals surface area contributed by atoms with Gasteiger partial charge in [-0.05, 0) is 48.2 Å². The average molecular weight is 414 g/mol. The highest BCUT2D eigenvalue weighted by atomic mass is 16.3. The summed E-state index contributed by atoms with van der Waals surface area (Å²) in [5, 5.41) is 4.02. The standard InChI is InChI=1S/C24H22N4O3/c1-15-20(12-26-23(29)22-10-16-4-2-3-5-21(16)27-22)19-6-8-28(13-18(19)11-25-15)24(30)17-7-9-31-14-17/h2-5,7,9-11,14,27H,6,8,12-13H2,1H3,(H,26,29). The molecule has 0 saturated carbocycles. The zero-order valence-electron chi connectivity index (χ0n) is 17.1. The zero-order chi connectivity index (χ0) is 21.4. The summed E-state index contributed by atoms with van der Waals surface area (Å²) in [5.74, 6) is -0.200. The number of benzene rings is 1. The van der Waals surface area contributed by atoms with Gasteiger partial charge in [-0.2, -0.15) is 0 Å².